The maximum absolute atomic E-state index is 10.7. The van der Waals surface area contributed by atoms with Gasteiger partial charge in [0.2, 0.25) is 5.76 Å². The smallest absolute Gasteiger partial charge is 0.371 e. The van der Waals surface area contributed by atoms with Crippen LogP contribution in [0.2, 0.25) is 0 Å². The summed E-state index contributed by atoms with van der Waals surface area (Å²) in [6.07, 6.45) is 3.62. The number of furan rings is 1. The Morgan fingerprint density at radius 3 is 2.89 bits per heavy atom. The summed E-state index contributed by atoms with van der Waals surface area (Å²) in [5.74, 6) is 0.476. The Morgan fingerprint density at radius 1 is 1.56 bits per heavy atom. The van der Waals surface area contributed by atoms with Gasteiger partial charge in [-0.1, -0.05) is 0 Å². The van der Waals surface area contributed by atoms with Crippen molar-refractivity contribution in [1.82, 2.24) is 14.9 Å². The first-order valence-electron chi connectivity index (χ1n) is 5.57. The first-order valence-corrected chi connectivity index (χ1v) is 5.57. The average molecular weight is 249 g/mol. The van der Waals surface area contributed by atoms with Crippen molar-refractivity contribution in [2.75, 3.05) is 0 Å². The predicted molar refractivity (Wildman–Crippen MR) is 64.2 cm³/mol. The molecule has 0 spiro atoms. The molecule has 2 N–H and O–H groups in total. The summed E-state index contributed by atoms with van der Waals surface area (Å²) in [6.45, 7) is 2.93. The van der Waals surface area contributed by atoms with Crippen LogP contribution in [0.15, 0.2) is 22.9 Å². The first kappa shape index (κ1) is 12.4. The highest BCUT2D eigenvalue weighted by Crippen LogP contribution is 2.14. The molecule has 0 bridgehead atoms. The number of carbonyl (C=O) groups is 1. The summed E-state index contributed by atoms with van der Waals surface area (Å²) in [5, 5.41) is 12.0. The summed E-state index contributed by atoms with van der Waals surface area (Å²) in [5.41, 5.74) is 0.849. The Kier molecular flexibility index (Phi) is 3.47. The molecule has 0 fully saturated rings. The van der Waals surface area contributed by atoms with Gasteiger partial charge in [-0.05, 0) is 13.0 Å². The van der Waals surface area contributed by atoms with Crippen LogP contribution in [0.1, 0.15) is 27.7 Å². The van der Waals surface area contributed by atoms with E-state index in [9.17, 15) is 4.79 Å². The van der Waals surface area contributed by atoms with Gasteiger partial charge in [0, 0.05) is 31.5 Å². The third-order valence-corrected chi connectivity index (χ3v) is 2.75. The zero-order chi connectivity index (χ0) is 13.1. The fourth-order valence-corrected chi connectivity index (χ4v) is 1.68. The fraction of sp³-hybridized carbons (Fsp3) is 0.333. The van der Waals surface area contributed by atoms with Crippen molar-refractivity contribution in [2.45, 2.75) is 20.0 Å². The number of imidazole rings is 1. The quantitative estimate of drug-likeness (QED) is 0.835. The number of aryl methyl sites for hydroxylation is 2. The monoisotopic (exact) mass is 249 g/mol. The highest BCUT2D eigenvalue weighted by Gasteiger charge is 2.12. The van der Waals surface area contributed by atoms with E-state index in [1.165, 1.54) is 0 Å². The van der Waals surface area contributed by atoms with Crippen molar-refractivity contribution in [1.29, 1.82) is 0 Å². The fourth-order valence-electron chi connectivity index (χ4n) is 1.68. The van der Waals surface area contributed by atoms with Gasteiger partial charge in [-0.2, -0.15) is 0 Å². The third kappa shape index (κ3) is 2.60. The van der Waals surface area contributed by atoms with E-state index in [0.717, 1.165) is 11.4 Å². The van der Waals surface area contributed by atoms with E-state index in [0.29, 0.717) is 18.8 Å². The van der Waals surface area contributed by atoms with Crippen molar-refractivity contribution >= 4 is 5.97 Å². The Bertz CT molecular complexity index is 557. The van der Waals surface area contributed by atoms with E-state index in [-0.39, 0.29) is 5.76 Å². The lowest BCUT2D eigenvalue weighted by Crippen LogP contribution is -2.15. The number of carboxylic acid groups (broad SMARTS) is 1. The summed E-state index contributed by atoms with van der Waals surface area (Å²) >= 11 is 0. The highest BCUT2D eigenvalue weighted by molar-refractivity contribution is 5.84. The maximum Gasteiger partial charge on any atom is 0.371 e. The minimum absolute atomic E-state index is 0.0266. The number of aromatic carboxylic acids is 1. The van der Waals surface area contributed by atoms with Gasteiger partial charge in [0.05, 0.1) is 6.54 Å². The number of nitrogens with zero attached hydrogens (tertiary/aromatic N) is 2. The van der Waals surface area contributed by atoms with Crippen LogP contribution in [-0.2, 0) is 20.1 Å². The summed E-state index contributed by atoms with van der Waals surface area (Å²) in [4.78, 5) is 14.9. The standard InChI is InChI=1S/C12H15N3O3/c1-8-9(5-10(18-8)12(16)17)6-13-7-11-14-3-4-15(11)2/h3-5,13H,6-7H2,1-2H3,(H,16,17). The van der Waals surface area contributed by atoms with Crippen molar-refractivity contribution in [2.24, 2.45) is 7.05 Å². The molecule has 18 heavy (non-hydrogen) atoms. The number of aromatic nitrogens is 2. The Balaban J connectivity index is 1.94. The topological polar surface area (TPSA) is 80.3 Å². The van der Waals surface area contributed by atoms with Crippen LogP contribution < -0.4 is 5.32 Å². The summed E-state index contributed by atoms with van der Waals surface area (Å²) < 4.78 is 7.06. The second-order valence-electron chi connectivity index (χ2n) is 4.06. The lowest BCUT2D eigenvalue weighted by Gasteiger charge is -2.03. The zero-order valence-electron chi connectivity index (χ0n) is 10.3. The molecule has 0 aliphatic heterocycles. The molecule has 0 amide bonds. The summed E-state index contributed by atoms with van der Waals surface area (Å²) in [7, 11) is 1.93. The molecule has 6 nitrogen and oxygen atoms in total. The molecule has 2 rings (SSSR count). The number of hydrogen-bond donors (Lipinski definition) is 2. The van der Waals surface area contributed by atoms with Crippen LogP contribution in [0.4, 0.5) is 0 Å². The second kappa shape index (κ2) is 5.05. The Morgan fingerprint density at radius 2 is 2.33 bits per heavy atom. The van der Waals surface area contributed by atoms with Gasteiger partial charge in [0.15, 0.2) is 0 Å². The largest absolute Gasteiger partial charge is 0.475 e. The van der Waals surface area contributed by atoms with Crippen molar-refractivity contribution in [3.8, 4) is 0 Å². The minimum atomic E-state index is -1.05. The van der Waals surface area contributed by atoms with Crippen LogP contribution in [-0.4, -0.2) is 20.6 Å². The molecule has 0 aliphatic rings. The molecule has 2 aromatic heterocycles. The van der Waals surface area contributed by atoms with Crippen LogP contribution in [0.5, 0.6) is 0 Å². The molecule has 0 atom stereocenters. The molecular weight excluding hydrogens is 234 g/mol. The lowest BCUT2D eigenvalue weighted by atomic mass is 10.2. The summed E-state index contributed by atoms with van der Waals surface area (Å²) in [6, 6.07) is 1.54. The van der Waals surface area contributed by atoms with Crippen LogP contribution in [0, 0.1) is 6.92 Å². The van der Waals surface area contributed by atoms with E-state index in [2.05, 4.69) is 10.3 Å². The second-order valence-corrected chi connectivity index (χ2v) is 4.06. The van der Waals surface area contributed by atoms with Crippen LogP contribution >= 0.6 is 0 Å². The van der Waals surface area contributed by atoms with Gasteiger partial charge in [0.25, 0.3) is 0 Å². The number of nitrogens with one attached hydrogen (secondary N) is 1. The lowest BCUT2D eigenvalue weighted by molar-refractivity contribution is 0.0661. The molecule has 0 aromatic carbocycles. The molecule has 2 aromatic rings. The van der Waals surface area contributed by atoms with Gasteiger partial charge >= 0.3 is 5.97 Å². The molecule has 0 saturated heterocycles. The van der Waals surface area contributed by atoms with Gasteiger partial charge in [0.1, 0.15) is 11.6 Å². The van der Waals surface area contributed by atoms with E-state index < -0.39 is 5.97 Å². The highest BCUT2D eigenvalue weighted by atomic mass is 16.4. The maximum atomic E-state index is 10.7. The van der Waals surface area contributed by atoms with Gasteiger partial charge < -0.3 is 19.4 Å². The van der Waals surface area contributed by atoms with Gasteiger partial charge in [-0.15, -0.1) is 0 Å². The third-order valence-electron chi connectivity index (χ3n) is 2.75. The normalized spacial score (nSPS) is 10.8. The minimum Gasteiger partial charge on any atom is -0.475 e. The van der Waals surface area contributed by atoms with E-state index in [1.54, 1.807) is 19.2 Å². The Labute approximate surface area is 104 Å². The SMILES string of the molecule is Cc1oc(C(=O)O)cc1CNCc1nccn1C. The molecule has 0 saturated carbocycles. The number of hydrogen-bond acceptors (Lipinski definition) is 4. The van der Waals surface area contributed by atoms with Crippen LogP contribution in [0.3, 0.4) is 0 Å². The number of rotatable bonds is 5. The van der Waals surface area contributed by atoms with E-state index in [1.807, 2.05) is 17.8 Å². The van der Waals surface area contributed by atoms with Gasteiger partial charge in [-0.25, -0.2) is 9.78 Å². The molecule has 6 heteroatoms. The van der Waals surface area contributed by atoms with Crippen LogP contribution in [0.25, 0.3) is 0 Å². The van der Waals surface area contributed by atoms with Gasteiger partial charge in [-0.3, -0.25) is 0 Å². The molecule has 96 valence electrons. The van der Waals surface area contributed by atoms with E-state index >= 15 is 0 Å². The van der Waals surface area contributed by atoms with E-state index in [4.69, 9.17) is 9.52 Å². The first-order chi connectivity index (χ1) is 8.58. The van der Waals surface area contributed by atoms with Crippen molar-refractivity contribution < 1.29 is 14.3 Å². The Hall–Kier alpha value is -2.08. The molecule has 0 aliphatic carbocycles. The number of carboxylic acids is 1. The van der Waals surface area contributed by atoms with Crippen molar-refractivity contribution in [3.63, 3.8) is 0 Å². The molecular formula is C12H15N3O3. The molecule has 2 heterocycles. The molecule has 0 radical (unpaired) electrons. The zero-order valence-corrected chi connectivity index (χ0v) is 10.3. The molecule has 0 unspecified atom stereocenters. The van der Waals surface area contributed by atoms with Crippen molar-refractivity contribution in [3.05, 3.63) is 41.4 Å². The predicted octanol–water partition coefficient (Wildman–Crippen LogP) is 1.31. The average Bonchev–Trinajstić information content (AvgIpc) is 2.87.